The van der Waals surface area contributed by atoms with Crippen LogP contribution in [0.4, 0.5) is 5.69 Å². The van der Waals surface area contributed by atoms with Crippen molar-refractivity contribution >= 4 is 46.0 Å². The maximum Gasteiger partial charge on any atom is 0.310 e. The lowest BCUT2D eigenvalue weighted by Gasteiger charge is -2.13. The third-order valence-corrected chi connectivity index (χ3v) is 3.51. The Morgan fingerprint density at radius 3 is 3.05 bits per heavy atom. The van der Waals surface area contributed by atoms with E-state index in [2.05, 4.69) is 14.1 Å². The molecule has 2 rings (SSSR count). The zero-order chi connectivity index (χ0) is 13.8. The number of nitrogens with one attached hydrogen (secondary N) is 1. The molecule has 1 aromatic heterocycles. The van der Waals surface area contributed by atoms with E-state index >= 15 is 0 Å². The Morgan fingerprint density at radius 1 is 1.53 bits per heavy atom. The quantitative estimate of drug-likeness (QED) is 0.860. The Kier molecular flexibility index (Phi) is 4.55. The lowest BCUT2D eigenvalue weighted by atomic mass is 10.1. The molecule has 0 aliphatic heterocycles. The second-order valence-electron chi connectivity index (χ2n) is 4.09. The molecule has 0 amide bonds. The highest BCUT2D eigenvalue weighted by Crippen LogP contribution is 2.30. The number of esters is 1. The van der Waals surface area contributed by atoms with Crippen molar-refractivity contribution in [1.29, 1.82) is 0 Å². The summed E-state index contributed by atoms with van der Waals surface area (Å²) < 4.78 is 13.3. The molecule has 2 aromatic rings. The molecule has 7 heteroatoms. The van der Waals surface area contributed by atoms with Crippen LogP contribution in [0.2, 0.25) is 5.02 Å². The number of fused-ring (bicyclic) bond motifs is 1. The molecule has 0 spiro atoms. The highest BCUT2D eigenvalue weighted by molar-refractivity contribution is 7.00. The van der Waals surface area contributed by atoms with Crippen molar-refractivity contribution in [3.63, 3.8) is 0 Å². The first-order chi connectivity index (χ1) is 9.13. The van der Waals surface area contributed by atoms with Crippen LogP contribution in [0.1, 0.15) is 13.8 Å². The van der Waals surface area contributed by atoms with E-state index in [4.69, 9.17) is 16.3 Å². The molecule has 1 N–H and O–H groups in total. The smallest absolute Gasteiger partial charge is 0.310 e. The summed E-state index contributed by atoms with van der Waals surface area (Å²) in [5, 5.41) is 3.72. The molecule has 0 aliphatic carbocycles. The SMILES string of the molecule is CCOC(=O)C(C)CNc1c(Cl)ccc2nsnc12. The summed E-state index contributed by atoms with van der Waals surface area (Å²) >= 11 is 7.28. The van der Waals surface area contributed by atoms with Crippen LogP contribution in [0.15, 0.2) is 12.1 Å². The fourth-order valence-corrected chi connectivity index (χ4v) is 2.38. The van der Waals surface area contributed by atoms with Crippen LogP contribution < -0.4 is 5.32 Å². The topological polar surface area (TPSA) is 64.1 Å². The zero-order valence-electron chi connectivity index (χ0n) is 10.6. The maximum atomic E-state index is 11.5. The Labute approximate surface area is 120 Å². The highest BCUT2D eigenvalue weighted by atomic mass is 35.5. The predicted molar refractivity (Wildman–Crippen MR) is 76.7 cm³/mol. The first kappa shape index (κ1) is 14.0. The van der Waals surface area contributed by atoms with Gasteiger partial charge in [-0.2, -0.15) is 8.75 Å². The van der Waals surface area contributed by atoms with Gasteiger partial charge in [0.25, 0.3) is 0 Å². The number of hydrogen-bond acceptors (Lipinski definition) is 6. The lowest BCUT2D eigenvalue weighted by Crippen LogP contribution is -2.22. The van der Waals surface area contributed by atoms with Gasteiger partial charge in [-0.25, -0.2) is 0 Å². The van der Waals surface area contributed by atoms with Gasteiger partial charge in [0.2, 0.25) is 0 Å². The summed E-state index contributed by atoms with van der Waals surface area (Å²) in [5.41, 5.74) is 2.23. The van der Waals surface area contributed by atoms with Gasteiger partial charge < -0.3 is 10.1 Å². The van der Waals surface area contributed by atoms with Crippen molar-refractivity contribution in [3.05, 3.63) is 17.2 Å². The van der Waals surface area contributed by atoms with Crippen LogP contribution in [0.3, 0.4) is 0 Å². The number of ether oxygens (including phenoxy) is 1. The molecule has 0 bridgehead atoms. The molecular formula is C12H14ClN3O2S. The van der Waals surface area contributed by atoms with E-state index in [1.54, 1.807) is 19.9 Å². The van der Waals surface area contributed by atoms with Gasteiger partial charge in [0.15, 0.2) is 0 Å². The molecule has 0 aliphatic rings. The van der Waals surface area contributed by atoms with Crippen molar-refractivity contribution in [1.82, 2.24) is 8.75 Å². The van der Waals surface area contributed by atoms with Gasteiger partial charge >= 0.3 is 5.97 Å². The van der Waals surface area contributed by atoms with Crippen molar-refractivity contribution in [2.75, 3.05) is 18.5 Å². The molecule has 102 valence electrons. The normalized spacial score (nSPS) is 12.4. The average Bonchev–Trinajstić information content (AvgIpc) is 2.86. The van der Waals surface area contributed by atoms with Gasteiger partial charge in [0, 0.05) is 6.54 Å². The van der Waals surface area contributed by atoms with E-state index in [-0.39, 0.29) is 11.9 Å². The van der Waals surface area contributed by atoms with E-state index in [1.807, 2.05) is 6.07 Å². The molecule has 1 aromatic carbocycles. The van der Waals surface area contributed by atoms with E-state index in [1.165, 1.54) is 0 Å². The average molecular weight is 300 g/mol. The maximum absolute atomic E-state index is 11.5. The molecule has 19 heavy (non-hydrogen) atoms. The molecule has 1 unspecified atom stereocenters. The lowest BCUT2D eigenvalue weighted by molar-refractivity contribution is -0.146. The Bertz CT molecular complexity index is 587. The largest absolute Gasteiger partial charge is 0.466 e. The number of carbonyl (C=O) groups is 1. The molecule has 0 saturated carbocycles. The van der Waals surface area contributed by atoms with Crippen LogP contribution in [-0.4, -0.2) is 27.9 Å². The minimum absolute atomic E-state index is 0.227. The fraction of sp³-hybridized carbons (Fsp3) is 0.417. The number of aromatic nitrogens is 2. The van der Waals surface area contributed by atoms with E-state index in [0.717, 1.165) is 22.8 Å². The number of rotatable bonds is 5. The van der Waals surface area contributed by atoms with E-state index < -0.39 is 0 Å². The van der Waals surface area contributed by atoms with Gasteiger partial charge in [0.05, 0.1) is 35.0 Å². The summed E-state index contributed by atoms with van der Waals surface area (Å²) in [7, 11) is 0. The predicted octanol–water partition coefficient (Wildman–Crippen LogP) is 2.96. The van der Waals surface area contributed by atoms with Crippen LogP contribution in [0.5, 0.6) is 0 Å². The van der Waals surface area contributed by atoms with Gasteiger partial charge in [-0.3, -0.25) is 4.79 Å². The third kappa shape index (κ3) is 3.13. The highest BCUT2D eigenvalue weighted by Gasteiger charge is 2.16. The molecule has 0 saturated heterocycles. The summed E-state index contributed by atoms with van der Waals surface area (Å²) in [6.07, 6.45) is 0. The molecule has 0 radical (unpaired) electrons. The van der Waals surface area contributed by atoms with Gasteiger partial charge in [-0.1, -0.05) is 18.5 Å². The van der Waals surface area contributed by atoms with Gasteiger partial charge in [-0.15, -0.1) is 0 Å². The number of nitrogens with zero attached hydrogens (tertiary/aromatic N) is 2. The van der Waals surface area contributed by atoms with E-state index in [0.29, 0.717) is 23.9 Å². The third-order valence-electron chi connectivity index (χ3n) is 2.65. The van der Waals surface area contributed by atoms with Crippen molar-refractivity contribution < 1.29 is 9.53 Å². The van der Waals surface area contributed by atoms with Crippen LogP contribution >= 0.6 is 23.3 Å². The second-order valence-corrected chi connectivity index (χ2v) is 5.02. The first-order valence-electron chi connectivity index (χ1n) is 5.94. The van der Waals surface area contributed by atoms with Crippen LogP contribution in [0.25, 0.3) is 11.0 Å². The minimum Gasteiger partial charge on any atom is -0.466 e. The van der Waals surface area contributed by atoms with E-state index in [9.17, 15) is 4.79 Å². The summed E-state index contributed by atoms with van der Waals surface area (Å²) in [6.45, 7) is 4.42. The van der Waals surface area contributed by atoms with Gasteiger partial charge in [0.1, 0.15) is 11.0 Å². The number of hydrogen-bond donors (Lipinski definition) is 1. The van der Waals surface area contributed by atoms with Crippen molar-refractivity contribution in [2.45, 2.75) is 13.8 Å². The standard InChI is InChI=1S/C12H14ClN3O2S/c1-3-18-12(17)7(2)6-14-10-8(13)4-5-9-11(10)16-19-15-9/h4-5,7,14H,3,6H2,1-2H3. The number of anilines is 1. The van der Waals surface area contributed by atoms with Crippen molar-refractivity contribution in [2.24, 2.45) is 5.92 Å². The number of carbonyl (C=O) groups excluding carboxylic acids is 1. The van der Waals surface area contributed by atoms with Crippen molar-refractivity contribution in [3.8, 4) is 0 Å². The monoisotopic (exact) mass is 299 g/mol. The minimum atomic E-state index is -0.252. The summed E-state index contributed by atoms with van der Waals surface area (Å²) in [6, 6.07) is 3.59. The number of halogens is 1. The zero-order valence-corrected chi connectivity index (χ0v) is 12.2. The molecule has 1 atom stereocenters. The van der Waals surface area contributed by atoms with Crippen LogP contribution in [0, 0.1) is 5.92 Å². The molecular weight excluding hydrogens is 286 g/mol. The fourth-order valence-electron chi connectivity index (χ4n) is 1.62. The van der Waals surface area contributed by atoms with Crippen LogP contribution in [-0.2, 0) is 9.53 Å². The second kappa shape index (κ2) is 6.16. The molecule has 0 fully saturated rings. The molecule has 5 nitrogen and oxygen atoms in total. The number of benzene rings is 1. The Balaban J connectivity index is 2.11. The van der Waals surface area contributed by atoms with Gasteiger partial charge in [-0.05, 0) is 19.1 Å². The Hall–Kier alpha value is -1.40. The molecule has 1 heterocycles. The Morgan fingerprint density at radius 2 is 2.32 bits per heavy atom. The first-order valence-corrected chi connectivity index (χ1v) is 7.05. The summed E-state index contributed by atoms with van der Waals surface area (Å²) in [4.78, 5) is 11.5. The summed E-state index contributed by atoms with van der Waals surface area (Å²) in [5.74, 6) is -0.479.